The Morgan fingerprint density at radius 1 is 1.11 bits per heavy atom. The summed E-state index contributed by atoms with van der Waals surface area (Å²) in [6.45, 7) is 2.00. The van der Waals surface area contributed by atoms with Crippen LogP contribution in [0.4, 0.5) is 0 Å². The maximum Gasteiger partial charge on any atom is 0.417 e. The first-order chi connectivity index (χ1) is 9.13. The second-order valence-corrected chi connectivity index (χ2v) is 4.58. The topological polar surface area (TPSA) is 66.2 Å². The molecule has 0 aliphatic carbocycles. The second kappa shape index (κ2) is 4.40. The molecule has 1 unspecified atom stereocenters. The largest absolute Gasteiger partial charge is 0.417 e. The Morgan fingerprint density at radius 3 is 2.53 bits per heavy atom. The van der Waals surface area contributed by atoms with Crippen LogP contribution in [-0.2, 0) is 0 Å². The summed E-state index contributed by atoms with van der Waals surface area (Å²) < 4.78 is 4.99. The molecule has 19 heavy (non-hydrogen) atoms. The number of oxazole rings is 1. The van der Waals surface area contributed by atoms with Crippen LogP contribution in [0.15, 0.2) is 51.7 Å². The lowest BCUT2D eigenvalue weighted by atomic mass is 10.0. The standard InChI is InChI=1S/C15H13NO3/c1-9-2-4-10(5-3-9)14(17)11-6-7-12-13(8-11)19-15(18)16-12/h2-8,14,17H,1H3,(H,16,18). The highest BCUT2D eigenvalue weighted by Crippen LogP contribution is 2.24. The number of aliphatic hydroxyl groups excluding tert-OH is 1. The Kier molecular flexibility index (Phi) is 2.72. The highest BCUT2D eigenvalue weighted by Gasteiger charge is 2.12. The van der Waals surface area contributed by atoms with Gasteiger partial charge in [0.25, 0.3) is 0 Å². The molecule has 0 amide bonds. The second-order valence-electron chi connectivity index (χ2n) is 4.58. The maximum absolute atomic E-state index is 11.1. The Bertz CT molecular complexity index is 768. The van der Waals surface area contributed by atoms with Gasteiger partial charge in [0.2, 0.25) is 0 Å². The number of rotatable bonds is 2. The molecule has 0 saturated heterocycles. The van der Waals surface area contributed by atoms with Crippen molar-refractivity contribution in [3.8, 4) is 0 Å². The summed E-state index contributed by atoms with van der Waals surface area (Å²) in [5.41, 5.74) is 3.73. The Morgan fingerprint density at radius 2 is 1.79 bits per heavy atom. The quantitative estimate of drug-likeness (QED) is 0.739. The van der Waals surface area contributed by atoms with E-state index < -0.39 is 11.9 Å². The number of hydrogen-bond acceptors (Lipinski definition) is 3. The van der Waals surface area contributed by atoms with Crippen molar-refractivity contribution in [1.82, 2.24) is 4.98 Å². The van der Waals surface area contributed by atoms with E-state index in [1.54, 1.807) is 18.2 Å². The molecule has 3 aromatic rings. The number of fused-ring (bicyclic) bond motifs is 1. The molecule has 1 atom stereocenters. The van der Waals surface area contributed by atoms with Crippen molar-refractivity contribution in [3.63, 3.8) is 0 Å². The van der Waals surface area contributed by atoms with E-state index in [1.165, 1.54) is 0 Å². The molecule has 0 bridgehead atoms. The van der Waals surface area contributed by atoms with E-state index >= 15 is 0 Å². The van der Waals surface area contributed by atoms with Gasteiger partial charge in [0, 0.05) is 0 Å². The zero-order chi connectivity index (χ0) is 13.4. The smallest absolute Gasteiger partial charge is 0.408 e. The van der Waals surface area contributed by atoms with Gasteiger partial charge in [0.15, 0.2) is 5.58 Å². The molecule has 0 spiro atoms. The molecule has 0 saturated carbocycles. The van der Waals surface area contributed by atoms with Gasteiger partial charge in [-0.25, -0.2) is 4.79 Å². The zero-order valence-corrected chi connectivity index (χ0v) is 10.4. The number of aromatic amines is 1. The van der Waals surface area contributed by atoms with Crippen molar-refractivity contribution < 1.29 is 9.52 Å². The van der Waals surface area contributed by atoms with Crippen LogP contribution >= 0.6 is 0 Å². The van der Waals surface area contributed by atoms with Crippen LogP contribution < -0.4 is 5.76 Å². The fourth-order valence-corrected chi connectivity index (χ4v) is 2.07. The molecule has 4 heteroatoms. The van der Waals surface area contributed by atoms with Gasteiger partial charge in [-0.05, 0) is 30.2 Å². The van der Waals surface area contributed by atoms with Crippen LogP contribution in [0.2, 0.25) is 0 Å². The molecule has 3 rings (SSSR count). The lowest BCUT2D eigenvalue weighted by Crippen LogP contribution is -1.99. The first-order valence-corrected chi connectivity index (χ1v) is 6.01. The highest BCUT2D eigenvalue weighted by molar-refractivity contribution is 5.73. The first kappa shape index (κ1) is 11.7. The van der Waals surface area contributed by atoms with Crippen LogP contribution in [0.5, 0.6) is 0 Å². The van der Waals surface area contributed by atoms with Gasteiger partial charge in [0.1, 0.15) is 6.10 Å². The molecule has 0 aliphatic heterocycles. The van der Waals surface area contributed by atoms with Crippen molar-refractivity contribution in [2.24, 2.45) is 0 Å². The summed E-state index contributed by atoms with van der Waals surface area (Å²) in [4.78, 5) is 13.7. The molecular formula is C15H13NO3. The van der Waals surface area contributed by atoms with Crippen molar-refractivity contribution in [3.05, 3.63) is 69.7 Å². The highest BCUT2D eigenvalue weighted by atomic mass is 16.4. The maximum atomic E-state index is 11.1. The minimum Gasteiger partial charge on any atom is -0.408 e. The third-order valence-corrected chi connectivity index (χ3v) is 3.15. The van der Waals surface area contributed by atoms with E-state index in [2.05, 4.69) is 4.98 Å². The first-order valence-electron chi connectivity index (χ1n) is 6.01. The molecule has 2 N–H and O–H groups in total. The minimum absolute atomic E-state index is 0.452. The monoisotopic (exact) mass is 255 g/mol. The number of aryl methyl sites for hydroxylation is 1. The normalized spacial score (nSPS) is 12.7. The molecular weight excluding hydrogens is 242 g/mol. The molecule has 96 valence electrons. The zero-order valence-electron chi connectivity index (χ0n) is 10.4. The van der Waals surface area contributed by atoms with E-state index in [0.717, 1.165) is 11.1 Å². The van der Waals surface area contributed by atoms with Crippen LogP contribution in [0.3, 0.4) is 0 Å². The number of aromatic nitrogens is 1. The molecule has 1 aromatic heterocycles. The van der Waals surface area contributed by atoms with Crippen LogP contribution in [0.1, 0.15) is 22.8 Å². The van der Waals surface area contributed by atoms with Crippen molar-refractivity contribution in [2.75, 3.05) is 0 Å². The Balaban J connectivity index is 2.03. The van der Waals surface area contributed by atoms with Crippen molar-refractivity contribution in [1.29, 1.82) is 0 Å². The van der Waals surface area contributed by atoms with E-state index in [-0.39, 0.29) is 0 Å². The summed E-state index contributed by atoms with van der Waals surface area (Å²) in [6, 6.07) is 12.9. The molecule has 0 fully saturated rings. The molecule has 0 aliphatic rings. The fourth-order valence-electron chi connectivity index (χ4n) is 2.07. The van der Waals surface area contributed by atoms with Crippen LogP contribution in [0.25, 0.3) is 11.1 Å². The number of nitrogens with one attached hydrogen (secondary N) is 1. The lowest BCUT2D eigenvalue weighted by Gasteiger charge is -2.11. The predicted molar refractivity (Wildman–Crippen MR) is 72.1 cm³/mol. The number of hydrogen-bond donors (Lipinski definition) is 2. The van der Waals surface area contributed by atoms with Gasteiger partial charge in [-0.3, -0.25) is 4.98 Å². The van der Waals surface area contributed by atoms with Gasteiger partial charge >= 0.3 is 5.76 Å². The fraction of sp³-hybridized carbons (Fsp3) is 0.133. The Labute approximate surface area is 109 Å². The summed E-state index contributed by atoms with van der Waals surface area (Å²) in [6.07, 6.45) is -0.731. The average Bonchev–Trinajstić information content (AvgIpc) is 2.77. The van der Waals surface area contributed by atoms with E-state index in [9.17, 15) is 9.90 Å². The van der Waals surface area contributed by atoms with E-state index in [1.807, 2.05) is 31.2 Å². The number of aliphatic hydroxyl groups is 1. The van der Waals surface area contributed by atoms with Gasteiger partial charge in [-0.2, -0.15) is 0 Å². The average molecular weight is 255 g/mol. The summed E-state index contributed by atoms with van der Waals surface area (Å²) in [5.74, 6) is -0.489. The van der Waals surface area contributed by atoms with Crippen LogP contribution in [-0.4, -0.2) is 10.1 Å². The minimum atomic E-state index is -0.731. The number of benzene rings is 2. The van der Waals surface area contributed by atoms with Gasteiger partial charge < -0.3 is 9.52 Å². The van der Waals surface area contributed by atoms with E-state index in [4.69, 9.17) is 4.42 Å². The molecule has 0 radical (unpaired) electrons. The molecule has 1 heterocycles. The van der Waals surface area contributed by atoms with Crippen LogP contribution in [0, 0.1) is 6.92 Å². The summed E-state index contributed by atoms with van der Waals surface area (Å²) >= 11 is 0. The summed E-state index contributed by atoms with van der Waals surface area (Å²) in [5, 5.41) is 10.3. The van der Waals surface area contributed by atoms with Gasteiger partial charge in [-0.15, -0.1) is 0 Å². The molecule has 4 nitrogen and oxygen atoms in total. The van der Waals surface area contributed by atoms with E-state index in [0.29, 0.717) is 16.7 Å². The molecule has 2 aromatic carbocycles. The summed E-state index contributed by atoms with van der Waals surface area (Å²) in [7, 11) is 0. The third kappa shape index (κ3) is 2.18. The lowest BCUT2D eigenvalue weighted by molar-refractivity contribution is 0.220. The van der Waals surface area contributed by atoms with Gasteiger partial charge in [-0.1, -0.05) is 35.9 Å². The van der Waals surface area contributed by atoms with Gasteiger partial charge in [0.05, 0.1) is 5.52 Å². The SMILES string of the molecule is Cc1ccc(C(O)c2ccc3[nH]c(=O)oc3c2)cc1. The Hall–Kier alpha value is -2.33. The van der Waals surface area contributed by atoms with Crippen molar-refractivity contribution >= 4 is 11.1 Å². The number of H-pyrrole nitrogens is 1. The van der Waals surface area contributed by atoms with Crippen molar-refractivity contribution in [2.45, 2.75) is 13.0 Å². The third-order valence-electron chi connectivity index (χ3n) is 3.15. The predicted octanol–water partition coefficient (Wildman–Crippen LogP) is 2.51.